The second-order valence-electron chi connectivity index (χ2n) is 9.37. The summed E-state index contributed by atoms with van der Waals surface area (Å²) in [5.41, 5.74) is 2.90. The summed E-state index contributed by atoms with van der Waals surface area (Å²) in [6.45, 7) is 0.405. The Morgan fingerprint density at radius 2 is 1.82 bits per heavy atom. The third-order valence-electron chi connectivity index (χ3n) is 6.25. The molecule has 192 valence electrons. The lowest BCUT2D eigenvalue weighted by molar-refractivity contribution is -0.0505. The van der Waals surface area contributed by atoms with Crippen molar-refractivity contribution < 1.29 is 23.4 Å². The first-order valence-electron chi connectivity index (χ1n) is 11.8. The van der Waals surface area contributed by atoms with Crippen molar-refractivity contribution in [3.05, 3.63) is 84.1 Å². The van der Waals surface area contributed by atoms with Gasteiger partial charge in [-0.2, -0.15) is 8.78 Å². The molecule has 6 rings (SSSR count). The van der Waals surface area contributed by atoms with Gasteiger partial charge in [-0.15, -0.1) is 0 Å². The maximum atomic E-state index is 13.3. The van der Waals surface area contributed by atoms with Crippen LogP contribution in [0, 0.1) is 0 Å². The molecular formula is C27H22F2N6O3. The number of rotatable bonds is 4. The minimum absolute atomic E-state index is 0.00408. The van der Waals surface area contributed by atoms with Gasteiger partial charge < -0.3 is 19.1 Å². The lowest BCUT2D eigenvalue weighted by atomic mass is 10.1. The van der Waals surface area contributed by atoms with E-state index in [2.05, 4.69) is 19.9 Å². The molecule has 0 saturated carbocycles. The van der Waals surface area contributed by atoms with Gasteiger partial charge in [0, 0.05) is 30.4 Å². The van der Waals surface area contributed by atoms with Crippen LogP contribution < -0.4 is 9.47 Å². The fraction of sp³-hybridized carbons (Fsp3) is 0.222. The van der Waals surface area contributed by atoms with Gasteiger partial charge in [-0.1, -0.05) is 12.1 Å². The Labute approximate surface area is 215 Å². The van der Waals surface area contributed by atoms with E-state index in [1.165, 1.54) is 12.3 Å². The summed E-state index contributed by atoms with van der Waals surface area (Å²) in [5.74, 6) is 1.59. The first-order chi connectivity index (χ1) is 18.3. The number of hydrogen-bond donors (Lipinski definition) is 1. The highest BCUT2D eigenvalue weighted by molar-refractivity contribution is 5.82. The van der Waals surface area contributed by atoms with Crippen molar-refractivity contribution in [1.29, 1.82) is 0 Å². The van der Waals surface area contributed by atoms with Crippen LogP contribution in [0.25, 0.3) is 22.2 Å². The van der Waals surface area contributed by atoms with Gasteiger partial charge >= 0.3 is 6.61 Å². The quantitative estimate of drug-likeness (QED) is 0.354. The fourth-order valence-electron chi connectivity index (χ4n) is 4.43. The average molecular weight is 517 g/mol. The molecule has 0 bridgehead atoms. The molecule has 1 aliphatic heterocycles. The topological polar surface area (TPSA) is 108 Å². The van der Waals surface area contributed by atoms with Gasteiger partial charge in [0.25, 0.3) is 0 Å². The second-order valence-corrected chi connectivity index (χ2v) is 9.37. The van der Waals surface area contributed by atoms with E-state index in [0.29, 0.717) is 35.1 Å². The van der Waals surface area contributed by atoms with E-state index in [1.54, 1.807) is 44.6 Å². The van der Waals surface area contributed by atoms with Crippen molar-refractivity contribution in [2.24, 2.45) is 0 Å². The molecule has 3 aromatic heterocycles. The van der Waals surface area contributed by atoms with Crippen LogP contribution in [0.3, 0.4) is 0 Å². The van der Waals surface area contributed by atoms with Crippen molar-refractivity contribution in [3.63, 3.8) is 0 Å². The molecule has 0 amide bonds. The number of benzene rings is 2. The van der Waals surface area contributed by atoms with Crippen LogP contribution in [-0.4, -0.2) is 41.2 Å². The van der Waals surface area contributed by atoms with E-state index in [1.807, 2.05) is 22.8 Å². The Kier molecular flexibility index (Phi) is 5.72. The van der Waals surface area contributed by atoms with Crippen LogP contribution in [0.5, 0.6) is 17.4 Å². The number of nitrogens with zero attached hydrogens (tertiary/aromatic N) is 6. The zero-order valence-corrected chi connectivity index (χ0v) is 20.5. The highest BCUT2D eigenvalue weighted by Gasteiger charge is 2.24. The molecule has 0 spiro atoms. The van der Waals surface area contributed by atoms with Crippen LogP contribution in [0.1, 0.15) is 36.8 Å². The molecule has 0 atom stereocenters. The molecule has 4 heterocycles. The summed E-state index contributed by atoms with van der Waals surface area (Å²) in [6, 6.07) is 10.5. The maximum Gasteiger partial charge on any atom is 0.387 e. The van der Waals surface area contributed by atoms with Gasteiger partial charge in [-0.3, -0.25) is 4.98 Å². The van der Waals surface area contributed by atoms with E-state index in [0.717, 1.165) is 22.2 Å². The molecule has 11 heteroatoms. The van der Waals surface area contributed by atoms with Crippen molar-refractivity contribution in [1.82, 2.24) is 29.5 Å². The van der Waals surface area contributed by atoms with E-state index >= 15 is 0 Å². The van der Waals surface area contributed by atoms with Crippen molar-refractivity contribution in [2.45, 2.75) is 39.0 Å². The fourth-order valence-corrected chi connectivity index (χ4v) is 4.43. The monoisotopic (exact) mass is 516 g/mol. The third-order valence-corrected chi connectivity index (χ3v) is 6.25. The average Bonchev–Trinajstić information content (AvgIpc) is 3.24. The number of aliphatic hydroxyl groups is 1. The summed E-state index contributed by atoms with van der Waals surface area (Å²) in [4.78, 5) is 22.2. The van der Waals surface area contributed by atoms with Crippen LogP contribution in [0.4, 0.5) is 8.78 Å². The van der Waals surface area contributed by atoms with Gasteiger partial charge in [0.1, 0.15) is 28.6 Å². The molecule has 0 fully saturated rings. The Hall–Kier alpha value is -4.51. The minimum atomic E-state index is -3.00. The standard InChI is InChI=1S/C27H22F2N6O3/c1-27(2,36)25-32-12-16(13-33-25)15-6-7-18-20(10-15)35-14-17-21(4-3-5-22(17)38-26(28)29)37-24-19(11-23(35)34-18)30-8-9-31-24/h3-10,12-13,26,36H,11,14H2,1-2H3. The van der Waals surface area contributed by atoms with Crippen molar-refractivity contribution in [2.75, 3.05) is 0 Å². The number of alkyl halides is 2. The maximum absolute atomic E-state index is 13.3. The SMILES string of the molecule is CC(C)(O)c1ncc(-c2ccc3nc4n(c3c2)Cc2c(cccc2OC(F)F)Oc2nccnc2C4)cn1. The van der Waals surface area contributed by atoms with Crippen molar-refractivity contribution in [3.8, 4) is 28.5 Å². The smallest absolute Gasteiger partial charge is 0.387 e. The minimum Gasteiger partial charge on any atom is -0.437 e. The number of aromatic nitrogens is 6. The normalized spacial score (nSPS) is 13.1. The van der Waals surface area contributed by atoms with Gasteiger partial charge in [0.15, 0.2) is 5.82 Å². The number of fused-ring (bicyclic) bond motifs is 5. The van der Waals surface area contributed by atoms with Crippen LogP contribution in [-0.2, 0) is 18.6 Å². The first-order valence-corrected chi connectivity index (χ1v) is 11.8. The van der Waals surface area contributed by atoms with Gasteiger partial charge in [-0.05, 0) is 43.7 Å². The van der Waals surface area contributed by atoms with Crippen LogP contribution in [0.2, 0.25) is 0 Å². The number of imidazole rings is 1. The molecule has 38 heavy (non-hydrogen) atoms. The Morgan fingerprint density at radius 3 is 2.58 bits per heavy atom. The highest BCUT2D eigenvalue weighted by Crippen LogP contribution is 2.37. The second kappa shape index (κ2) is 9.10. The van der Waals surface area contributed by atoms with E-state index in [4.69, 9.17) is 14.5 Å². The number of ether oxygens (including phenoxy) is 2. The molecule has 0 aliphatic carbocycles. The Balaban J connectivity index is 1.52. The number of hydrogen-bond acceptors (Lipinski definition) is 8. The Bertz CT molecular complexity index is 1650. The third kappa shape index (κ3) is 4.41. The van der Waals surface area contributed by atoms with Crippen LogP contribution in [0.15, 0.2) is 61.2 Å². The summed E-state index contributed by atoms with van der Waals surface area (Å²) in [5, 5.41) is 10.2. The summed E-state index contributed by atoms with van der Waals surface area (Å²) in [7, 11) is 0. The van der Waals surface area contributed by atoms with Gasteiger partial charge in [0.2, 0.25) is 5.88 Å². The lowest BCUT2D eigenvalue weighted by Crippen LogP contribution is -2.19. The molecule has 0 unspecified atom stereocenters. The van der Waals surface area contributed by atoms with E-state index in [9.17, 15) is 13.9 Å². The summed E-state index contributed by atoms with van der Waals surface area (Å²) >= 11 is 0. The zero-order valence-electron chi connectivity index (χ0n) is 20.5. The first kappa shape index (κ1) is 23.9. The van der Waals surface area contributed by atoms with Crippen molar-refractivity contribution >= 4 is 11.0 Å². The van der Waals surface area contributed by atoms with Gasteiger partial charge in [-0.25, -0.2) is 19.9 Å². The predicted molar refractivity (Wildman–Crippen MR) is 133 cm³/mol. The molecule has 2 aromatic carbocycles. The zero-order chi connectivity index (χ0) is 26.4. The molecule has 5 aromatic rings. The number of halogens is 2. The lowest BCUT2D eigenvalue weighted by Gasteiger charge is -2.16. The predicted octanol–water partition coefficient (Wildman–Crippen LogP) is 4.86. The summed E-state index contributed by atoms with van der Waals surface area (Å²) < 4.78 is 39.4. The molecule has 0 saturated heterocycles. The molecule has 1 N–H and O–H groups in total. The largest absolute Gasteiger partial charge is 0.437 e. The molecular weight excluding hydrogens is 494 g/mol. The van der Waals surface area contributed by atoms with Crippen LogP contribution >= 0.6 is 0 Å². The highest BCUT2D eigenvalue weighted by atomic mass is 19.3. The molecule has 1 aliphatic rings. The van der Waals surface area contributed by atoms with E-state index in [-0.39, 0.29) is 18.2 Å². The molecule has 9 nitrogen and oxygen atoms in total. The van der Waals surface area contributed by atoms with Gasteiger partial charge in [0.05, 0.1) is 29.6 Å². The Morgan fingerprint density at radius 1 is 1.03 bits per heavy atom. The summed E-state index contributed by atoms with van der Waals surface area (Å²) in [6.07, 6.45) is 6.70. The van der Waals surface area contributed by atoms with E-state index < -0.39 is 12.2 Å². The molecule has 0 radical (unpaired) electrons.